The minimum atomic E-state index is -3.94. The molecule has 0 aliphatic heterocycles. The molecule has 0 aromatic carbocycles. The molecule has 0 aromatic heterocycles. The third-order valence-corrected chi connectivity index (χ3v) is 3.36. The molecular weight excluding hydrogens is 245 g/mol. The summed E-state index contributed by atoms with van der Waals surface area (Å²) in [7, 11) is 0. The Balaban J connectivity index is 3.17. The van der Waals surface area contributed by atoms with E-state index in [1.807, 2.05) is 0 Å². The summed E-state index contributed by atoms with van der Waals surface area (Å²) in [5.74, 6) is 0. The van der Waals surface area contributed by atoms with E-state index in [1.54, 1.807) is 6.08 Å². The summed E-state index contributed by atoms with van der Waals surface area (Å²) in [5.41, 5.74) is 0. The van der Waals surface area contributed by atoms with Gasteiger partial charge in [-0.05, 0) is 0 Å². The molecule has 0 spiro atoms. The van der Waals surface area contributed by atoms with Crippen molar-refractivity contribution in [2.45, 2.75) is 15.1 Å². The minimum absolute atomic E-state index is 0.565. The zero-order valence-electron chi connectivity index (χ0n) is 4.74. The Bertz CT molecular complexity index is 86.7. The molecule has 0 heterocycles. The molecule has 0 fully saturated rings. The van der Waals surface area contributed by atoms with Gasteiger partial charge in [0, 0.05) is 0 Å². The Hall–Kier alpha value is 0.320. The summed E-state index contributed by atoms with van der Waals surface area (Å²) in [5, 5.41) is 0. The van der Waals surface area contributed by atoms with Crippen molar-refractivity contribution in [1.82, 2.24) is 0 Å². The van der Waals surface area contributed by atoms with Crippen LogP contribution in [0, 0.1) is 0 Å². The standard InChI is InChI=1S/C5H7F3Te/c1-2-3-9-4-5(6,7)8/h2H,1,3-4H2. The van der Waals surface area contributed by atoms with Gasteiger partial charge in [0.2, 0.25) is 0 Å². The van der Waals surface area contributed by atoms with E-state index in [0.717, 1.165) is 0 Å². The van der Waals surface area contributed by atoms with Crippen molar-refractivity contribution in [3.05, 3.63) is 12.7 Å². The Kier molecular flexibility index (Phi) is 4.33. The second-order valence-electron chi connectivity index (χ2n) is 1.42. The van der Waals surface area contributed by atoms with Crippen molar-refractivity contribution in [2.24, 2.45) is 0 Å². The Morgan fingerprint density at radius 3 is 2.33 bits per heavy atom. The van der Waals surface area contributed by atoms with Gasteiger partial charge in [0.25, 0.3) is 0 Å². The quantitative estimate of drug-likeness (QED) is 0.410. The summed E-state index contributed by atoms with van der Waals surface area (Å²) >= 11 is -0.866. The number of halogens is 3. The summed E-state index contributed by atoms with van der Waals surface area (Å²) < 4.78 is 34.1. The molecule has 0 saturated heterocycles. The molecule has 4 heteroatoms. The van der Waals surface area contributed by atoms with Crippen LogP contribution >= 0.6 is 0 Å². The predicted octanol–water partition coefficient (Wildman–Crippen LogP) is 2.28. The van der Waals surface area contributed by atoms with E-state index < -0.39 is 31.6 Å². The van der Waals surface area contributed by atoms with Gasteiger partial charge in [-0.1, -0.05) is 0 Å². The molecule has 0 aliphatic rings. The molecule has 0 radical (unpaired) electrons. The van der Waals surface area contributed by atoms with Crippen LogP contribution in [-0.2, 0) is 0 Å². The van der Waals surface area contributed by atoms with Gasteiger partial charge in [-0.15, -0.1) is 0 Å². The third-order valence-electron chi connectivity index (χ3n) is 0.501. The Labute approximate surface area is 62.2 Å². The van der Waals surface area contributed by atoms with Crippen LogP contribution in [0.5, 0.6) is 0 Å². The maximum absolute atomic E-state index is 11.4. The molecule has 0 unspecified atom stereocenters. The number of alkyl halides is 3. The van der Waals surface area contributed by atoms with Gasteiger partial charge < -0.3 is 0 Å². The van der Waals surface area contributed by atoms with Crippen molar-refractivity contribution in [3.8, 4) is 0 Å². The predicted molar refractivity (Wildman–Crippen MR) is 31.6 cm³/mol. The first-order chi connectivity index (χ1) is 4.06. The van der Waals surface area contributed by atoms with E-state index in [9.17, 15) is 13.2 Å². The zero-order chi connectivity index (χ0) is 7.33. The first-order valence-corrected chi connectivity index (χ1v) is 5.61. The Morgan fingerprint density at radius 1 is 1.44 bits per heavy atom. The van der Waals surface area contributed by atoms with Gasteiger partial charge >= 0.3 is 61.9 Å². The summed E-state index contributed by atoms with van der Waals surface area (Å²) in [6, 6.07) is 0. The first kappa shape index (κ1) is 9.32. The number of hydrogen-bond acceptors (Lipinski definition) is 0. The molecule has 0 atom stereocenters. The number of allylic oxidation sites excluding steroid dienone is 1. The molecule has 0 rings (SSSR count). The van der Waals surface area contributed by atoms with Crippen LogP contribution in [-0.4, -0.2) is 27.1 Å². The summed E-state index contributed by atoms with van der Waals surface area (Å²) in [6.45, 7) is 3.35. The second kappa shape index (κ2) is 4.19. The molecule has 0 aliphatic carbocycles. The van der Waals surface area contributed by atoms with Gasteiger partial charge in [-0.2, -0.15) is 0 Å². The van der Waals surface area contributed by atoms with Crippen LogP contribution < -0.4 is 0 Å². The van der Waals surface area contributed by atoms with Crippen LogP contribution in [0.2, 0.25) is 8.94 Å². The molecule has 0 N–H and O–H groups in total. The topological polar surface area (TPSA) is 0 Å². The number of rotatable bonds is 3. The molecular formula is C5H7F3Te. The van der Waals surface area contributed by atoms with Gasteiger partial charge in [0.1, 0.15) is 0 Å². The van der Waals surface area contributed by atoms with Gasteiger partial charge in [0.15, 0.2) is 0 Å². The fourth-order valence-corrected chi connectivity index (χ4v) is 1.73. The van der Waals surface area contributed by atoms with Gasteiger partial charge in [0.05, 0.1) is 0 Å². The fraction of sp³-hybridized carbons (Fsp3) is 0.600. The van der Waals surface area contributed by atoms with Crippen molar-refractivity contribution >= 4 is 20.9 Å². The molecule has 0 aromatic rings. The molecule has 54 valence electrons. The normalized spacial score (nSPS) is 11.4. The van der Waals surface area contributed by atoms with Crippen LogP contribution in [0.1, 0.15) is 0 Å². The van der Waals surface area contributed by atoms with Crippen LogP contribution in [0.15, 0.2) is 12.7 Å². The van der Waals surface area contributed by atoms with E-state index in [-0.39, 0.29) is 0 Å². The Morgan fingerprint density at radius 2 is 2.00 bits per heavy atom. The van der Waals surface area contributed by atoms with Crippen molar-refractivity contribution in [2.75, 3.05) is 0 Å². The van der Waals surface area contributed by atoms with Gasteiger partial charge in [-0.3, -0.25) is 0 Å². The van der Waals surface area contributed by atoms with Crippen molar-refractivity contribution < 1.29 is 13.2 Å². The van der Waals surface area contributed by atoms with Crippen LogP contribution in [0.4, 0.5) is 13.2 Å². The molecule has 0 nitrogen and oxygen atoms in total. The third kappa shape index (κ3) is 8.32. The summed E-state index contributed by atoms with van der Waals surface area (Å²) in [6.07, 6.45) is -2.39. The van der Waals surface area contributed by atoms with Crippen molar-refractivity contribution in [1.29, 1.82) is 0 Å². The average molecular weight is 252 g/mol. The first-order valence-electron chi connectivity index (χ1n) is 2.31. The van der Waals surface area contributed by atoms with Crippen LogP contribution in [0.25, 0.3) is 0 Å². The SMILES string of the molecule is C=CC[Te]CC(F)(F)F. The maximum atomic E-state index is 11.4. The molecule has 0 amide bonds. The van der Waals surface area contributed by atoms with E-state index in [1.165, 1.54) is 0 Å². The zero-order valence-corrected chi connectivity index (χ0v) is 7.07. The van der Waals surface area contributed by atoms with Gasteiger partial charge in [-0.25, -0.2) is 0 Å². The van der Waals surface area contributed by atoms with E-state index in [0.29, 0.717) is 4.47 Å². The second-order valence-corrected chi connectivity index (χ2v) is 4.36. The van der Waals surface area contributed by atoms with E-state index in [2.05, 4.69) is 6.58 Å². The molecule has 9 heavy (non-hydrogen) atoms. The average Bonchev–Trinajstić information content (AvgIpc) is 1.63. The molecule has 0 saturated carbocycles. The van der Waals surface area contributed by atoms with E-state index >= 15 is 0 Å². The molecule has 0 bridgehead atoms. The summed E-state index contributed by atoms with van der Waals surface area (Å²) in [4.78, 5) is 0. The monoisotopic (exact) mass is 254 g/mol. The van der Waals surface area contributed by atoms with Crippen molar-refractivity contribution in [3.63, 3.8) is 0 Å². The number of hydrogen-bond donors (Lipinski definition) is 0. The fourth-order valence-electron chi connectivity index (χ4n) is 0.258. The van der Waals surface area contributed by atoms with E-state index in [4.69, 9.17) is 0 Å². The van der Waals surface area contributed by atoms with Crippen LogP contribution in [0.3, 0.4) is 0 Å².